The monoisotopic (exact) mass is 489 g/mol. The van der Waals surface area contributed by atoms with E-state index in [9.17, 15) is 4.79 Å². The van der Waals surface area contributed by atoms with Gasteiger partial charge in [-0.15, -0.1) is 0 Å². The minimum Gasteiger partial charge on any atom is -0.356 e. The van der Waals surface area contributed by atoms with Gasteiger partial charge in [0.1, 0.15) is 0 Å². The van der Waals surface area contributed by atoms with Gasteiger partial charge in [0, 0.05) is 36.5 Å². The van der Waals surface area contributed by atoms with E-state index in [1.807, 2.05) is 12.3 Å². The van der Waals surface area contributed by atoms with Gasteiger partial charge < -0.3 is 5.32 Å². The first-order valence-electron chi connectivity index (χ1n) is 13.6. The highest BCUT2D eigenvalue weighted by Crippen LogP contribution is 2.59. The number of nitrogens with one attached hydrogen (secondary N) is 1. The predicted octanol–water partition coefficient (Wildman–Crippen LogP) is 6.18. The van der Waals surface area contributed by atoms with Crippen LogP contribution in [0.15, 0.2) is 97.2 Å². The van der Waals surface area contributed by atoms with E-state index in [-0.39, 0.29) is 17.2 Å². The molecule has 37 heavy (non-hydrogen) atoms. The lowest BCUT2D eigenvalue weighted by Gasteiger charge is -2.33. The number of hydrogen-bond acceptors (Lipinski definition) is 3. The first-order chi connectivity index (χ1) is 18.2. The van der Waals surface area contributed by atoms with E-state index in [4.69, 9.17) is 0 Å². The molecule has 1 spiro atoms. The molecule has 1 unspecified atom stereocenters. The van der Waals surface area contributed by atoms with Gasteiger partial charge in [-0.25, -0.2) is 0 Å². The summed E-state index contributed by atoms with van der Waals surface area (Å²) >= 11 is 0. The molecule has 1 atom stereocenters. The van der Waals surface area contributed by atoms with Crippen molar-refractivity contribution in [2.24, 2.45) is 11.3 Å². The molecule has 2 fully saturated rings. The van der Waals surface area contributed by atoms with Crippen molar-refractivity contribution in [2.45, 2.75) is 38.1 Å². The summed E-state index contributed by atoms with van der Waals surface area (Å²) in [6.45, 7) is 3.78. The number of carbonyl (C=O) groups excluding carboxylic acids is 1. The van der Waals surface area contributed by atoms with Crippen molar-refractivity contribution in [3.63, 3.8) is 0 Å². The van der Waals surface area contributed by atoms with Crippen LogP contribution in [0.1, 0.15) is 48.3 Å². The third kappa shape index (κ3) is 5.17. The van der Waals surface area contributed by atoms with E-state index in [2.05, 4.69) is 100 Å². The molecular weight excluding hydrogens is 454 g/mol. The summed E-state index contributed by atoms with van der Waals surface area (Å²) in [6, 6.07) is 31.9. The molecular formula is C33H35N3O. The van der Waals surface area contributed by atoms with Crippen LogP contribution in [0.2, 0.25) is 0 Å². The summed E-state index contributed by atoms with van der Waals surface area (Å²) in [6.07, 6.45) is 6.05. The fourth-order valence-corrected chi connectivity index (χ4v) is 6.33. The molecule has 1 aromatic heterocycles. The standard InChI is InChI=1S/C33H35N3O/c37-32(35-20-16-28(25-9-3-1-4-10-25)26-11-5-2-6-12-26)30-23-33(30)17-21-36(22-18-33)24-27-13-7-15-31-29(27)14-8-19-34-31/h1-15,19,28,30H,16-18,20-24H2,(H,35,37). The molecule has 4 heteroatoms. The lowest BCUT2D eigenvalue weighted by atomic mass is 9.88. The Morgan fingerprint density at radius 1 is 0.892 bits per heavy atom. The van der Waals surface area contributed by atoms with Crippen LogP contribution in [0.5, 0.6) is 0 Å². The lowest BCUT2D eigenvalue weighted by molar-refractivity contribution is -0.123. The third-order valence-electron chi connectivity index (χ3n) is 8.62. The largest absolute Gasteiger partial charge is 0.356 e. The molecule has 1 aliphatic carbocycles. The first kappa shape index (κ1) is 23.9. The second-order valence-electron chi connectivity index (χ2n) is 10.8. The lowest BCUT2D eigenvalue weighted by Crippen LogP contribution is -2.37. The molecule has 0 bridgehead atoms. The molecule has 0 radical (unpaired) electrons. The number of likely N-dealkylation sites (tertiary alicyclic amines) is 1. The Labute approximate surface area is 219 Å². The maximum atomic E-state index is 13.1. The van der Waals surface area contributed by atoms with Gasteiger partial charge in [0.25, 0.3) is 0 Å². The highest BCUT2D eigenvalue weighted by Gasteiger charge is 2.58. The molecule has 1 saturated heterocycles. The van der Waals surface area contributed by atoms with Gasteiger partial charge in [-0.05, 0) is 73.0 Å². The van der Waals surface area contributed by atoms with Gasteiger partial charge in [-0.1, -0.05) is 78.9 Å². The molecule has 2 aliphatic rings. The van der Waals surface area contributed by atoms with Crippen molar-refractivity contribution in [1.82, 2.24) is 15.2 Å². The summed E-state index contributed by atoms with van der Waals surface area (Å²) in [5.41, 5.74) is 5.24. The van der Waals surface area contributed by atoms with Crippen LogP contribution in [-0.2, 0) is 11.3 Å². The Balaban J connectivity index is 1.01. The number of carbonyl (C=O) groups is 1. The van der Waals surface area contributed by atoms with E-state index in [1.54, 1.807) is 0 Å². The topological polar surface area (TPSA) is 45.2 Å². The molecule has 4 nitrogen and oxygen atoms in total. The van der Waals surface area contributed by atoms with E-state index in [1.165, 1.54) is 22.1 Å². The van der Waals surface area contributed by atoms with Crippen LogP contribution < -0.4 is 5.32 Å². The molecule has 1 N–H and O–H groups in total. The number of amides is 1. The van der Waals surface area contributed by atoms with E-state index in [0.717, 1.165) is 50.8 Å². The van der Waals surface area contributed by atoms with Gasteiger partial charge in [0.2, 0.25) is 5.91 Å². The maximum Gasteiger partial charge on any atom is 0.223 e. The number of benzene rings is 3. The van der Waals surface area contributed by atoms with Crippen LogP contribution in [0.3, 0.4) is 0 Å². The number of hydrogen-bond donors (Lipinski definition) is 1. The predicted molar refractivity (Wildman–Crippen MR) is 149 cm³/mol. The molecule has 188 valence electrons. The smallest absolute Gasteiger partial charge is 0.223 e. The van der Waals surface area contributed by atoms with E-state index >= 15 is 0 Å². The molecule has 6 rings (SSSR count). The van der Waals surface area contributed by atoms with E-state index in [0.29, 0.717) is 12.5 Å². The quantitative estimate of drug-likeness (QED) is 0.322. The highest BCUT2D eigenvalue weighted by atomic mass is 16.2. The number of aromatic nitrogens is 1. The summed E-state index contributed by atoms with van der Waals surface area (Å²) < 4.78 is 0. The van der Waals surface area contributed by atoms with E-state index < -0.39 is 0 Å². The molecule has 1 amide bonds. The van der Waals surface area contributed by atoms with Crippen molar-refractivity contribution in [1.29, 1.82) is 0 Å². The minimum atomic E-state index is 0.184. The average molecular weight is 490 g/mol. The summed E-state index contributed by atoms with van der Waals surface area (Å²) in [7, 11) is 0. The average Bonchev–Trinajstić information content (AvgIpc) is 3.67. The van der Waals surface area contributed by atoms with Crippen LogP contribution in [0.25, 0.3) is 10.9 Å². The molecule has 1 saturated carbocycles. The summed E-state index contributed by atoms with van der Waals surface area (Å²) in [5.74, 6) is 0.736. The Bertz CT molecular complexity index is 1300. The fraction of sp³-hybridized carbons (Fsp3) is 0.333. The maximum absolute atomic E-state index is 13.1. The number of rotatable bonds is 8. The molecule has 3 aromatic carbocycles. The summed E-state index contributed by atoms with van der Waals surface area (Å²) in [5, 5.41) is 4.55. The van der Waals surface area contributed by atoms with Crippen LogP contribution in [-0.4, -0.2) is 35.4 Å². The number of pyridine rings is 1. The fourth-order valence-electron chi connectivity index (χ4n) is 6.33. The minimum absolute atomic E-state index is 0.184. The Morgan fingerprint density at radius 3 is 2.30 bits per heavy atom. The van der Waals surface area contributed by atoms with Crippen LogP contribution in [0, 0.1) is 11.3 Å². The van der Waals surface area contributed by atoms with Crippen LogP contribution in [0.4, 0.5) is 0 Å². The van der Waals surface area contributed by atoms with Gasteiger partial charge in [0.05, 0.1) is 5.52 Å². The zero-order chi connectivity index (χ0) is 25.1. The Hall–Kier alpha value is -3.50. The highest BCUT2D eigenvalue weighted by molar-refractivity contribution is 5.83. The zero-order valence-electron chi connectivity index (χ0n) is 21.4. The van der Waals surface area contributed by atoms with Crippen molar-refractivity contribution < 1.29 is 4.79 Å². The molecule has 1 aliphatic heterocycles. The second-order valence-corrected chi connectivity index (χ2v) is 10.8. The normalized spacial score (nSPS) is 18.8. The van der Waals surface area contributed by atoms with Crippen molar-refractivity contribution >= 4 is 16.8 Å². The molecule has 4 aromatic rings. The summed E-state index contributed by atoms with van der Waals surface area (Å²) in [4.78, 5) is 20.2. The van der Waals surface area contributed by atoms with Gasteiger partial charge in [-0.3, -0.25) is 14.7 Å². The Kier molecular flexibility index (Phi) is 6.75. The van der Waals surface area contributed by atoms with Crippen molar-refractivity contribution in [3.8, 4) is 0 Å². The second kappa shape index (κ2) is 10.5. The number of nitrogens with zero attached hydrogens (tertiary/aromatic N) is 2. The first-order valence-corrected chi connectivity index (χ1v) is 13.6. The van der Waals surface area contributed by atoms with Gasteiger partial charge in [0.15, 0.2) is 0 Å². The van der Waals surface area contributed by atoms with Crippen molar-refractivity contribution in [3.05, 3.63) is 114 Å². The third-order valence-corrected chi connectivity index (χ3v) is 8.62. The van der Waals surface area contributed by atoms with Crippen LogP contribution >= 0.6 is 0 Å². The SMILES string of the molecule is O=C(NCCC(c1ccccc1)c1ccccc1)C1CC12CCN(Cc1cccc3ncccc13)CC2. The van der Waals surface area contributed by atoms with Gasteiger partial charge in [-0.2, -0.15) is 0 Å². The van der Waals surface area contributed by atoms with Gasteiger partial charge >= 0.3 is 0 Å². The van der Waals surface area contributed by atoms with Crippen molar-refractivity contribution in [2.75, 3.05) is 19.6 Å². The molecule has 2 heterocycles. The Morgan fingerprint density at radius 2 is 1.59 bits per heavy atom. The zero-order valence-corrected chi connectivity index (χ0v) is 21.4. The number of piperidine rings is 1. The number of fused-ring (bicyclic) bond motifs is 1.